The van der Waals surface area contributed by atoms with Crippen molar-refractivity contribution in [2.75, 3.05) is 13.7 Å². The van der Waals surface area contributed by atoms with Crippen molar-refractivity contribution < 1.29 is 32.7 Å². The molecule has 2 atom stereocenters. The smallest absolute Gasteiger partial charge is 0.245 e. The van der Waals surface area contributed by atoms with Gasteiger partial charge >= 0.3 is 0 Å². The highest BCUT2D eigenvalue weighted by Crippen LogP contribution is 2.16. The lowest BCUT2D eigenvalue weighted by Gasteiger charge is -2.22. The Labute approximate surface area is 244 Å². The van der Waals surface area contributed by atoms with Crippen LogP contribution in [0, 0.1) is 0 Å². The van der Waals surface area contributed by atoms with E-state index in [0.717, 1.165) is 5.56 Å². The zero-order chi connectivity index (χ0) is 29.8. The molecule has 0 spiro atoms. The Balaban J connectivity index is 1.74. The monoisotopic (exact) mass is 604 g/mol. The lowest BCUT2D eigenvalue weighted by atomic mass is 10.1. The molecule has 0 saturated heterocycles. The molecule has 2 amide bonds. The van der Waals surface area contributed by atoms with Crippen LogP contribution in [0.1, 0.15) is 28.8 Å². The molecule has 1 aromatic heterocycles. The maximum Gasteiger partial charge on any atom is 0.245 e. The summed E-state index contributed by atoms with van der Waals surface area (Å²) < 4.78 is 30.0. The molecule has 0 saturated carbocycles. The predicted molar refractivity (Wildman–Crippen MR) is 154 cm³/mol. The van der Waals surface area contributed by atoms with Gasteiger partial charge in [-0.15, -0.1) is 0 Å². The molecular weight excluding hydrogens is 570 g/mol. The lowest BCUT2D eigenvalue weighted by molar-refractivity contribution is -0.890. The molecule has 0 radical (unpaired) electrons. The van der Waals surface area contributed by atoms with Crippen molar-refractivity contribution in [1.29, 1.82) is 0 Å². The number of carbonyl (C=O) groups is 2. The standard InChI is InChI=1S/C28H34ClN5O6S/c1-40-34-14-6-5-9-24(34)12-13-25(33-41(38,39)19-20-7-3-2-4-8-20)28(37)32-26(18-35)27(36)31-17-22-15-23(29)11-10-21(22)16-30/h2-11,14-15,25-26,33,35H,12-13,16-19,30H2,1H3,(H-,31,32,36,37)/p+1/t25-,26+/m1/s1. The van der Waals surface area contributed by atoms with Crippen LogP contribution < -0.4 is 30.7 Å². The van der Waals surface area contributed by atoms with Crippen LogP contribution in [0.2, 0.25) is 5.02 Å². The first-order valence-corrected chi connectivity index (χ1v) is 14.9. The summed E-state index contributed by atoms with van der Waals surface area (Å²) in [4.78, 5) is 31.5. The molecule has 11 nitrogen and oxygen atoms in total. The fraction of sp³-hybridized carbons (Fsp3) is 0.321. The Morgan fingerprint density at radius 2 is 1.76 bits per heavy atom. The molecule has 13 heteroatoms. The number of hydrogen-bond acceptors (Lipinski definition) is 7. The molecule has 3 aromatic rings. The highest BCUT2D eigenvalue weighted by Gasteiger charge is 2.29. The average molecular weight is 605 g/mol. The van der Waals surface area contributed by atoms with Crippen LogP contribution in [0.25, 0.3) is 0 Å². The second-order valence-electron chi connectivity index (χ2n) is 9.23. The number of hydrogen-bond donors (Lipinski definition) is 5. The molecule has 0 aliphatic heterocycles. The zero-order valence-corrected chi connectivity index (χ0v) is 24.2. The number of carbonyl (C=O) groups excluding carboxylic acids is 2. The summed E-state index contributed by atoms with van der Waals surface area (Å²) in [6, 6.07) is 16.4. The molecule has 0 fully saturated rings. The van der Waals surface area contributed by atoms with Crippen molar-refractivity contribution in [3.63, 3.8) is 0 Å². The van der Waals surface area contributed by atoms with Crippen LogP contribution in [-0.4, -0.2) is 51.1 Å². The highest BCUT2D eigenvalue weighted by atomic mass is 35.5. The van der Waals surface area contributed by atoms with Gasteiger partial charge < -0.3 is 21.5 Å². The molecule has 41 heavy (non-hydrogen) atoms. The molecule has 1 heterocycles. The second kappa shape index (κ2) is 15.5. The van der Waals surface area contributed by atoms with Gasteiger partial charge in [-0.1, -0.05) is 48.0 Å². The number of aliphatic hydroxyl groups is 1. The van der Waals surface area contributed by atoms with E-state index >= 15 is 0 Å². The summed E-state index contributed by atoms with van der Waals surface area (Å²) in [6.45, 7) is -0.406. The van der Waals surface area contributed by atoms with Gasteiger partial charge in [0.1, 0.15) is 19.2 Å². The van der Waals surface area contributed by atoms with E-state index < -0.39 is 40.5 Å². The number of aromatic nitrogens is 1. The van der Waals surface area contributed by atoms with Crippen LogP contribution in [0.5, 0.6) is 0 Å². The van der Waals surface area contributed by atoms with Gasteiger partial charge in [-0.05, 0) is 41.3 Å². The van der Waals surface area contributed by atoms with Crippen LogP contribution >= 0.6 is 11.6 Å². The summed E-state index contributed by atoms with van der Waals surface area (Å²) in [5.41, 5.74) is 8.48. The Bertz CT molecular complexity index is 1420. The van der Waals surface area contributed by atoms with E-state index in [0.29, 0.717) is 21.8 Å². The number of nitrogens with zero attached hydrogens (tertiary/aromatic N) is 1. The van der Waals surface area contributed by atoms with Crippen molar-refractivity contribution >= 4 is 33.4 Å². The summed E-state index contributed by atoms with van der Waals surface area (Å²) >= 11 is 6.06. The Morgan fingerprint density at radius 1 is 1.02 bits per heavy atom. The minimum absolute atomic E-state index is 0.0510. The zero-order valence-electron chi connectivity index (χ0n) is 22.6. The quantitative estimate of drug-likeness (QED) is 0.156. The maximum absolute atomic E-state index is 13.3. The Morgan fingerprint density at radius 3 is 2.44 bits per heavy atom. The minimum Gasteiger partial charge on any atom is -0.394 e. The third kappa shape index (κ3) is 9.80. The molecule has 220 valence electrons. The number of nitrogens with two attached hydrogens (primary N) is 1. The molecule has 0 aliphatic carbocycles. The van der Waals surface area contributed by atoms with E-state index in [2.05, 4.69) is 15.4 Å². The highest BCUT2D eigenvalue weighted by molar-refractivity contribution is 7.88. The van der Waals surface area contributed by atoms with Crippen LogP contribution in [0.15, 0.2) is 72.9 Å². The van der Waals surface area contributed by atoms with Crippen LogP contribution in [-0.2, 0) is 44.9 Å². The van der Waals surface area contributed by atoms with E-state index in [1.807, 2.05) is 0 Å². The van der Waals surface area contributed by atoms with Gasteiger partial charge in [0.2, 0.25) is 33.7 Å². The Kier molecular flexibility index (Phi) is 12.0. The van der Waals surface area contributed by atoms with Crippen LogP contribution in [0.3, 0.4) is 0 Å². The molecular formula is C28H35ClN5O6S+. The number of benzene rings is 2. The largest absolute Gasteiger partial charge is 0.394 e. The summed E-state index contributed by atoms with van der Waals surface area (Å²) in [5.74, 6) is -1.76. The lowest BCUT2D eigenvalue weighted by Crippen LogP contribution is -2.55. The third-order valence-electron chi connectivity index (χ3n) is 6.28. The number of aliphatic hydroxyl groups excluding tert-OH is 1. The molecule has 0 aliphatic rings. The van der Waals surface area contributed by atoms with Crippen molar-refractivity contribution in [2.45, 2.75) is 43.8 Å². The molecule has 2 aromatic carbocycles. The van der Waals surface area contributed by atoms with Gasteiger partial charge in [0.25, 0.3) is 0 Å². The van der Waals surface area contributed by atoms with Gasteiger partial charge in [-0.2, -0.15) is 0 Å². The topological polar surface area (TPSA) is 164 Å². The molecule has 3 rings (SSSR count). The normalized spacial score (nSPS) is 12.8. The number of sulfonamides is 1. The first-order valence-electron chi connectivity index (χ1n) is 12.9. The fourth-order valence-electron chi connectivity index (χ4n) is 4.15. The summed E-state index contributed by atoms with van der Waals surface area (Å²) in [5, 5.41) is 15.5. The van der Waals surface area contributed by atoms with E-state index in [9.17, 15) is 23.1 Å². The summed E-state index contributed by atoms with van der Waals surface area (Å²) in [7, 11) is -2.47. The maximum atomic E-state index is 13.3. The van der Waals surface area contributed by atoms with Gasteiger partial charge in [0, 0.05) is 41.4 Å². The Hall–Kier alpha value is -3.55. The molecule has 0 bridgehead atoms. The van der Waals surface area contributed by atoms with Gasteiger partial charge in [0.05, 0.1) is 12.4 Å². The van der Waals surface area contributed by atoms with Gasteiger partial charge in [0.15, 0.2) is 0 Å². The average Bonchev–Trinajstić information content (AvgIpc) is 2.97. The van der Waals surface area contributed by atoms with Crippen molar-refractivity contribution in [2.24, 2.45) is 5.73 Å². The number of amides is 2. The predicted octanol–water partition coefficient (Wildman–Crippen LogP) is 0.359. The fourth-order valence-corrected chi connectivity index (χ4v) is 5.72. The van der Waals surface area contributed by atoms with Crippen molar-refractivity contribution in [1.82, 2.24) is 15.4 Å². The van der Waals surface area contributed by atoms with E-state index in [1.165, 1.54) is 11.8 Å². The van der Waals surface area contributed by atoms with E-state index in [-0.39, 0.29) is 31.7 Å². The van der Waals surface area contributed by atoms with Crippen LogP contribution in [0.4, 0.5) is 0 Å². The second-order valence-corrected chi connectivity index (χ2v) is 11.4. The SMILES string of the molecule is CO[n+]1ccccc1CC[C@@H](NS(=O)(=O)Cc1ccccc1)C(=O)N[C@@H](CO)C(=O)NCc1cc(Cl)ccc1CN. The van der Waals surface area contributed by atoms with Crippen molar-refractivity contribution in [3.05, 3.63) is 100 Å². The third-order valence-corrected chi connectivity index (χ3v) is 7.88. The van der Waals surface area contributed by atoms with Gasteiger partial charge in [-0.25, -0.2) is 13.1 Å². The van der Waals surface area contributed by atoms with E-state index in [1.54, 1.807) is 72.9 Å². The number of rotatable bonds is 15. The number of pyridine rings is 1. The summed E-state index contributed by atoms with van der Waals surface area (Å²) in [6.07, 6.45) is 2.01. The van der Waals surface area contributed by atoms with Crippen molar-refractivity contribution in [3.8, 4) is 0 Å². The molecule has 0 unspecified atom stereocenters. The van der Waals surface area contributed by atoms with E-state index in [4.69, 9.17) is 22.2 Å². The number of aryl methyl sites for hydroxylation is 1. The number of nitrogens with one attached hydrogen (secondary N) is 3. The first kappa shape index (κ1) is 32.0. The van der Waals surface area contributed by atoms with Gasteiger partial charge in [-0.3, -0.25) is 14.4 Å². The first-order chi connectivity index (χ1) is 19.7. The molecule has 6 N–H and O–H groups in total. The minimum atomic E-state index is -3.96. The number of halogens is 1.